The summed E-state index contributed by atoms with van der Waals surface area (Å²) in [6.45, 7) is 7.26. The van der Waals surface area contributed by atoms with E-state index in [-0.39, 0.29) is 0 Å². The van der Waals surface area contributed by atoms with Crippen LogP contribution in [0.3, 0.4) is 0 Å². The third kappa shape index (κ3) is 2.85. The Kier molecular flexibility index (Phi) is 4.25. The van der Waals surface area contributed by atoms with Crippen LogP contribution in [-0.2, 0) is 6.54 Å². The average molecular weight is 260 g/mol. The topological polar surface area (TPSA) is 38.9 Å². The highest BCUT2D eigenvalue weighted by Crippen LogP contribution is 2.30. The molecule has 1 atom stereocenters. The highest BCUT2D eigenvalue weighted by molar-refractivity contribution is 7.99. The van der Waals surface area contributed by atoms with Crippen molar-refractivity contribution in [2.45, 2.75) is 37.6 Å². The van der Waals surface area contributed by atoms with Crippen molar-refractivity contribution in [2.75, 3.05) is 0 Å². The van der Waals surface area contributed by atoms with Gasteiger partial charge in [0.15, 0.2) is 0 Å². The van der Waals surface area contributed by atoms with E-state index in [1.54, 1.807) is 0 Å². The predicted molar refractivity (Wildman–Crippen MR) is 79.8 cm³/mol. The fraction of sp³-hybridized carbons (Fsp3) is 0.400. The number of nitrogens with two attached hydrogens (primary N) is 1. The van der Waals surface area contributed by atoms with Gasteiger partial charge in [0.1, 0.15) is 5.03 Å². The summed E-state index contributed by atoms with van der Waals surface area (Å²) in [6, 6.07) is 10.4. The van der Waals surface area contributed by atoms with E-state index < -0.39 is 0 Å². The number of aromatic nitrogens is 1. The third-order valence-electron chi connectivity index (χ3n) is 3.22. The number of nitrogens with zero attached hydrogens (tertiary/aromatic N) is 1. The first kappa shape index (κ1) is 13.4. The first-order chi connectivity index (χ1) is 8.61. The van der Waals surface area contributed by atoms with Gasteiger partial charge < -0.3 is 5.73 Å². The number of rotatable bonds is 4. The molecule has 0 radical (unpaired) electrons. The SMILES string of the molecule is CC(C)C(C)Sc1nc2ccccc2cc1CN. The van der Waals surface area contributed by atoms with Gasteiger partial charge in [-0.3, -0.25) is 0 Å². The van der Waals surface area contributed by atoms with Crippen molar-refractivity contribution in [1.82, 2.24) is 4.98 Å². The van der Waals surface area contributed by atoms with E-state index in [0.717, 1.165) is 16.1 Å². The molecule has 0 fully saturated rings. The van der Waals surface area contributed by atoms with Crippen molar-refractivity contribution in [3.63, 3.8) is 0 Å². The van der Waals surface area contributed by atoms with Gasteiger partial charge in [-0.05, 0) is 23.6 Å². The number of thioether (sulfide) groups is 1. The minimum Gasteiger partial charge on any atom is -0.326 e. The molecule has 1 heterocycles. The van der Waals surface area contributed by atoms with E-state index >= 15 is 0 Å². The zero-order valence-electron chi connectivity index (χ0n) is 11.2. The molecule has 2 rings (SSSR count). The molecule has 0 spiro atoms. The summed E-state index contributed by atoms with van der Waals surface area (Å²) in [7, 11) is 0. The van der Waals surface area contributed by atoms with Gasteiger partial charge >= 0.3 is 0 Å². The minimum absolute atomic E-state index is 0.545. The van der Waals surface area contributed by atoms with Crippen LogP contribution in [0, 0.1) is 5.92 Å². The molecule has 1 unspecified atom stereocenters. The van der Waals surface area contributed by atoms with Crippen molar-refractivity contribution in [3.8, 4) is 0 Å². The quantitative estimate of drug-likeness (QED) is 0.849. The van der Waals surface area contributed by atoms with E-state index in [0.29, 0.717) is 17.7 Å². The molecule has 0 aliphatic carbocycles. The van der Waals surface area contributed by atoms with Gasteiger partial charge in [0, 0.05) is 17.2 Å². The van der Waals surface area contributed by atoms with Crippen molar-refractivity contribution in [3.05, 3.63) is 35.9 Å². The Hall–Kier alpha value is -1.06. The zero-order chi connectivity index (χ0) is 13.1. The lowest BCUT2D eigenvalue weighted by molar-refractivity contribution is 0.641. The van der Waals surface area contributed by atoms with Gasteiger partial charge in [-0.15, -0.1) is 11.8 Å². The van der Waals surface area contributed by atoms with Gasteiger partial charge in [0.05, 0.1) is 5.52 Å². The van der Waals surface area contributed by atoms with Gasteiger partial charge in [-0.1, -0.05) is 39.0 Å². The standard InChI is InChI=1S/C15H20N2S/c1-10(2)11(3)18-15-13(9-16)8-12-6-4-5-7-14(12)17-15/h4-8,10-11H,9,16H2,1-3H3. The first-order valence-corrected chi connectivity index (χ1v) is 7.25. The van der Waals surface area contributed by atoms with E-state index in [1.807, 2.05) is 23.9 Å². The molecular weight excluding hydrogens is 240 g/mol. The molecule has 0 amide bonds. The largest absolute Gasteiger partial charge is 0.326 e. The summed E-state index contributed by atoms with van der Waals surface area (Å²) in [4.78, 5) is 4.75. The summed E-state index contributed by atoms with van der Waals surface area (Å²) in [6.07, 6.45) is 0. The van der Waals surface area contributed by atoms with Crippen LogP contribution in [0.15, 0.2) is 35.4 Å². The van der Waals surface area contributed by atoms with Crippen molar-refractivity contribution < 1.29 is 0 Å². The maximum atomic E-state index is 5.84. The number of pyridine rings is 1. The summed E-state index contributed by atoms with van der Waals surface area (Å²) in [5, 5.41) is 2.79. The second-order valence-corrected chi connectivity index (χ2v) is 6.28. The van der Waals surface area contributed by atoms with E-state index in [9.17, 15) is 0 Å². The first-order valence-electron chi connectivity index (χ1n) is 6.37. The molecule has 18 heavy (non-hydrogen) atoms. The van der Waals surface area contributed by atoms with E-state index in [4.69, 9.17) is 10.7 Å². The van der Waals surface area contributed by atoms with Crippen LogP contribution >= 0.6 is 11.8 Å². The molecule has 0 saturated heterocycles. The highest BCUT2D eigenvalue weighted by atomic mass is 32.2. The van der Waals surface area contributed by atoms with Crippen molar-refractivity contribution in [1.29, 1.82) is 0 Å². The second-order valence-electron chi connectivity index (χ2n) is 4.92. The summed E-state index contributed by atoms with van der Waals surface area (Å²) < 4.78 is 0. The summed E-state index contributed by atoms with van der Waals surface area (Å²) in [5.41, 5.74) is 8.03. The predicted octanol–water partition coefficient (Wildman–Crippen LogP) is 3.83. The third-order valence-corrected chi connectivity index (χ3v) is 4.71. The highest BCUT2D eigenvalue weighted by Gasteiger charge is 2.13. The smallest absolute Gasteiger partial charge is 0.101 e. The summed E-state index contributed by atoms with van der Waals surface area (Å²) >= 11 is 1.83. The molecule has 2 N–H and O–H groups in total. The average Bonchev–Trinajstić information content (AvgIpc) is 2.37. The Bertz CT molecular complexity index is 537. The van der Waals surface area contributed by atoms with Crippen LogP contribution in [0.1, 0.15) is 26.3 Å². The Morgan fingerprint density at radius 1 is 1.22 bits per heavy atom. The molecule has 0 bridgehead atoms. The fourth-order valence-electron chi connectivity index (χ4n) is 1.70. The van der Waals surface area contributed by atoms with Crippen LogP contribution in [0.25, 0.3) is 10.9 Å². The molecule has 2 aromatic rings. The lowest BCUT2D eigenvalue weighted by Crippen LogP contribution is -2.08. The van der Waals surface area contributed by atoms with Crippen molar-refractivity contribution >= 4 is 22.7 Å². The van der Waals surface area contributed by atoms with E-state index in [1.165, 1.54) is 5.39 Å². The molecule has 3 heteroatoms. The molecule has 0 aliphatic heterocycles. The van der Waals surface area contributed by atoms with Crippen LogP contribution < -0.4 is 5.73 Å². The van der Waals surface area contributed by atoms with Gasteiger partial charge in [0.25, 0.3) is 0 Å². The minimum atomic E-state index is 0.545. The van der Waals surface area contributed by atoms with Crippen LogP contribution in [-0.4, -0.2) is 10.2 Å². The van der Waals surface area contributed by atoms with Crippen LogP contribution in [0.2, 0.25) is 0 Å². The number of hydrogen-bond donors (Lipinski definition) is 1. The molecule has 0 saturated carbocycles. The van der Waals surface area contributed by atoms with Gasteiger partial charge in [-0.25, -0.2) is 4.98 Å². The molecule has 0 aliphatic rings. The lowest BCUT2D eigenvalue weighted by atomic mass is 10.1. The van der Waals surface area contributed by atoms with Crippen LogP contribution in [0.5, 0.6) is 0 Å². The Balaban J connectivity index is 2.41. The maximum Gasteiger partial charge on any atom is 0.101 e. The zero-order valence-corrected chi connectivity index (χ0v) is 12.0. The second kappa shape index (κ2) is 5.72. The monoisotopic (exact) mass is 260 g/mol. The molecular formula is C15H20N2S. The van der Waals surface area contributed by atoms with Crippen molar-refractivity contribution in [2.24, 2.45) is 11.7 Å². The van der Waals surface area contributed by atoms with Gasteiger partial charge in [0.2, 0.25) is 0 Å². The lowest BCUT2D eigenvalue weighted by Gasteiger charge is -2.16. The van der Waals surface area contributed by atoms with Crippen LogP contribution in [0.4, 0.5) is 0 Å². The van der Waals surface area contributed by atoms with E-state index in [2.05, 4.69) is 39.0 Å². The molecule has 2 nitrogen and oxygen atoms in total. The summed E-state index contributed by atoms with van der Waals surface area (Å²) in [5.74, 6) is 0.633. The van der Waals surface area contributed by atoms with Gasteiger partial charge in [-0.2, -0.15) is 0 Å². The number of fused-ring (bicyclic) bond motifs is 1. The molecule has 96 valence electrons. The molecule has 1 aromatic carbocycles. The number of para-hydroxylation sites is 1. The maximum absolute atomic E-state index is 5.84. The molecule has 1 aromatic heterocycles. The fourth-order valence-corrected chi connectivity index (χ4v) is 2.77. The number of hydrogen-bond acceptors (Lipinski definition) is 3. The number of benzene rings is 1. The normalized spacial score (nSPS) is 13.2. The Morgan fingerprint density at radius 3 is 2.61 bits per heavy atom. The Labute approximate surface area is 113 Å². The Morgan fingerprint density at radius 2 is 1.94 bits per heavy atom.